The maximum atomic E-state index is 11.4. The summed E-state index contributed by atoms with van der Waals surface area (Å²) >= 11 is 0. The molecule has 0 bridgehead atoms. The van der Waals surface area contributed by atoms with Crippen LogP contribution in [0.15, 0.2) is 6.07 Å². The third-order valence-corrected chi connectivity index (χ3v) is 2.45. The van der Waals surface area contributed by atoms with E-state index in [1.165, 1.54) is 0 Å². The van der Waals surface area contributed by atoms with Gasteiger partial charge in [0.2, 0.25) is 11.9 Å². The molecule has 1 atom stereocenters. The molecular formula is C12H20N4O. The molecule has 1 aromatic heterocycles. The van der Waals surface area contributed by atoms with Crippen LogP contribution >= 0.6 is 0 Å². The summed E-state index contributed by atoms with van der Waals surface area (Å²) in [5.74, 6) is 0.763. The van der Waals surface area contributed by atoms with E-state index in [2.05, 4.69) is 34.4 Å². The highest BCUT2D eigenvalue weighted by molar-refractivity contribution is 5.83. The van der Waals surface area contributed by atoms with Gasteiger partial charge in [0, 0.05) is 18.4 Å². The van der Waals surface area contributed by atoms with Crippen LogP contribution in [0, 0.1) is 6.92 Å². The van der Waals surface area contributed by atoms with E-state index in [4.69, 9.17) is 0 Å². The SMILES string of the molecule is CNC(=O)C(C)Nc1nc(C)cc(C(C)C)n1. The van der Waals surface area contributed by atoms with Crippen LogP contribution in [0.25, 0.3) is 0 Å². The van der Waals surface area contributed by atoms with E-state index in [0.29, 0.717) is 11.9 Å². The number of carbonyl (C=O) groups is 1. The second-order valence-corrected chi connectivity index (χ2v) is 4.39. The lowest BCUT2D eigenvalue weighted by atomic mass is 10.1. The minimum absolute atomic E-state index is 0.0822. The molecular weight excluding hydrogens is 216 g/mol. The Hall–Kier alpha value is -1.65. The summed E-state index contributed by atoms with van der Waals surface area (Å²) in [5.41, 5.74) is 1.87. The van der Waals surface area contributed by atoms with Gasteiger partial charge < -0.3 is 10.6 Å². The minimum atomic E-state index is -0.346. The number of nitrogens with zero attached hydrogens (tertiary/aromatic N) is 2. The molecule has 0 aromatic carbocycles. The minimum Gasteiger partial charge on any atom is -0.357 e. The molecule has 2 N–H and O–H groups in total. The van der Waals surface area contributed by atoms with Crippen molar-refractivity contribution in [1.29, 1.82) is 0 Å². The highest BCUT2D eigenvalue weighted by Crippen LogP contribution is 2.14. The molecule has 1 rings (SSSR count). The van der Waals surface area contributed by atoms with E-state index >= 15 is 0 Å². The second kappa shape index (κ2) is 5.61. The van der Waals surface area contributed by atoms with Crippen molar-refractivity contribution in [2.24, 2.45) is 0 Å². The molecule has 1 unspecified atom stereocenters. The summed E-state index contributed by atoms with van der Waals surface area (Å²) in [5, 5.41) is 5.57. The van der Waals surface area contributed by atoms with Crippen molar-refractivity contribution in [3.8, 4) is 0 Å². The molecule has 5 nitrogen and oxygen atoms in total. The summed E-state index contributed by atoms with van der Waals surface area (Å²) < 4.78 is 0. The van der Waals surface area contributed by atoms with Crippen LogP contribution in [0.2, 0.25) is 0 Å². The number of amides is 1. The first-order valence-corrected chi connectivity index (χ1v) is 5.77. The number of hydrogen-bond donors (Lipinski definition) is 2. The average molecular weight is 236 g/mol. The molecule has 0 saturated heterocycles. The van der Waals surface area contributed by atoms with Crippen LogP contribution in [0.1, 0.15) is 38.1 Å². The van der Waals surface area contributed by atoms with Gasteiger partial charge in [0.25, 0.3) is 0 Å². The zero-order chi connectivity index (χ0) is 13.0. The van der Waals surface area contributed by atoms with Crippen molar-refractivity contribution in [3.63, 3.8) is 0 Å². The molecule has 0 radical (unpaired) electrons. The van der Waals surface area contributed by atoms with Gasteiger partial charge in [-0.3, -0.25) is 4.79 Å². The van der Waals surface area contributed by atoms with Crippen molar-refractivity contribution in [3.05, 3.63) is 17.5 Å². The fourth-order valence-corrected chi connectivity index (χ4v) is 1.43. The third kappa shape index (κ3) is 3.69. The lowest BCUT2D eigenvalue weighted by molar-refractivity contribution is -0.121. The van der Waals surface area contributed by atoms with Crippen LogP contribution in [-0.2, 0) is 4.79 Å². The summed E-state index contributed by atoms with van der Waals surface area (Å²) in [7, 11) is 1.61. The van der Waals surface area contributed by atoms with Crippen LogP contribution < -0.4 is 10.6 Å². The number of carbonyl (C=O) groups excluding carboxylic acids is 1. The van der Waals surface area contributed by atoms with Gasteiger partial charge in [0.15, 0.2) is 0 Å². The molecule has 1 heterocycles. The largest absolute Gasteiger partial charge is 0.357 e. The highest BCUT2D eigenvalue weighted by Gasteiger charge is 2.13. The van der Waals surface area contributed by atoms with Crippen molar-refractivity contribution in [2.45, 2.75) is 39.7 Å². The number of aryl methyl sites for hydroxylation is 1. The Morgan fingerprint density at radius 2 is 1.94 bits per heavy atom. The average Bonchev–Trinajstić information content (AvgIpc) is 2.26. The highest BCUT2D eigenvalue weighted by atomic mass is 16.2. The van der Waals surface area contributed by atoms with Crippen LogP contribution in [0.4, 0.5) is 5.95 Å². The molecule has 0 aliphatic heterocycles. The summed E-state index contributed by atoms with van der Waals surface area (Å²) in [6.07, 6.45) is 0. The standard InChI is InChI=1S/C12H20N4O/c1-7(2)10-6-8(3)14-12(16-10)15-9(4)11(17)13-5/h6-7,9H,1-5H3,(H,13,17)(H,14,15,16). The maximum Gasteiger partial charge on any atom is 0.242 e. The van der Waals surface area contributed by atoms with Gasteiger partial charge in [-0.1, -0.05) is 13.8 Å². The van der Waals surface area contributed by atoms with Crippen molar-refractivity contribution in [2.75, 3.05) is 12.4 Å². The quantitative estimate of drug-likeness (QED) is 0.830. The molecule has 0 aliphatic rings. The number of hydrogen-bond acceptors (Lipinski definition) is 4. The Labute approximate surface area is 102 Å². The zero-order valence-corrected chi connectivity index (χ0v) is 11.0. The molecule has 1 aromatic rings. The normalized spacial score (nSPS) is 12.4. The topological polar surface area (TPSA) is 66.9 Å². The fraction of sp³-hybridized carbons (Fsp3) is 0.583. The van der Waals surface area contributed by atoms with E-state index in [1.54, 1.807) is 14.0 Å². The number of anilines is 1. The van der Waals surface area contributed by atoms with E-state index < -0.39 is 0 Å². The summed E-state index contributed by atoms with van der Waals surface area (Å²) in [6.45, 7) is 7.85. The smallest absolute Gasteiger partial charge is 0.242 e. The molecule has 17 heavy (non-hydrogen) atoms. The molecule has 1 amide bonds. The Morgan fingerprint density at radius 3 is 2.47 bits per heavy atom. The van der Waals surface area contributed by atoms with Gasteiger partial charge in [-0.15, -0.1) is 0 Å². The van der Waals surface area contributed by atoms with E-state index in [-0.39, 0.29) is 11.9 Å². The van der Waals surface area contributed by atoms with Gasteiger partial charge in [-0.25, -0.2) is 9.97 Å². The van der Waals surface area contributed by atoms with Gasteiger partial charge >= 0.3 is 0 Å². The number of nitrogens with one attached hydrogen (secondary N) is 2. The molecule has 0 saturated carbocycles. The van der Waals surface area contributed by atoms with Crippen LogP contribution in [0.5, 0.6) is 0 Å². The van der Waals surface area contributed by atoms with Crippen molar-refractivity contribution in [1.82, 2.24) is 15.3 Å². The lowest BCUT2D eigenvalue weighted by Crippen LogP contribution is -2.35. The Kier molecular flexibility index (Phi) is 4.43. The number of rotatable bonds is 4. The monoisotopic (exact) mass is 236 g/mol. The van der Waals surface area contributed by atoms with Gasteiger partial charge in [0.05, 0.1) is 0 Å². The summed E-state index contributed by atoms with van der Waals surface area (Å²) in [6, 6.07) is 1.61. The molecule has 94 valence electrons. The summed E-state index contributed by atoms with van der Waals surface area (Å²) in [4.78, 5) is 20.0. The molecule has 0 aliphatic carbocycles. The predicted molar refractivity (Wildman–Crippen MR) is 68.0 cm³/mol. The van der Waals surface area contributed by atoms with Crippen molar-refractivity contribution >= 4 is 11.9 Å². The first kappa shape index (κ1) is 13.4. The fourth-order valence-electron chi connectivity index (χ4n) is 1.43. The van der Waals surface area contributed by atoms with Crippen molar-refractivity contribution < 1.29 is 4.79 Å². The van der Waals surface area contributed by atoms with Gasteiger partial charge in [0.1, 0.15) is 6.04 Å². The van der Waals surface area contributed by atoms with Gasteiger partial charge in [-0.05, 0) is 25.8 Å². The van der Waals surface area contributed by atoms with Gasteiger partial charge in [-0.2, -0.15) is 0 Å². The van der Waals surface area contributed by atoms with Crippen LogP contribution in [-0.4, -0.2) is 29.0 Å². The van der Waals surface area contributed by atoms with Crippen LogP contribution in [0.3, 0.4) is 0 Å². The first-order valence-electron chi connectivity index (χ1n) is 5.77. The van der Waals surface area contributed by atoms with E-state index in [9.17, 15) is 4.79 Å². The number of aromatic nitrogens is 2. The Morgan fingerprint density at radius 1 is 1.29 bits per heavy atom. The zero-order valence-electron chi connectivity index (χ0n) is 11.0. The first-order chi connectivity index (χ1) is 7.93. The van der Waals surface area contributed by atoms with E-state index in [1.807, 2.05) is 13.0 Å². The third-order valence-electron chi connectivity index (χ3n) is 2.45. The molecule has 0 fully saturated rings. The maximum absolute atomic E-state index is 11.4. The lowest BCUT2D eigenvalue weighted by Gasteiger charge is -2.14. The molecule has 5 heteroatoms. The Bertz CT molecular complexity index is 403. The Balaban J connectivity index is 2.87. The predicted octanol–water partition coefficient (Wildman–Crippen LogP) is 1.45. The second-order valence-electron chi connectivity index (χ2n) is 4.39. The number of likely N-dealkylation sites (N-methyl/N-ethyl adjacent to an activating group) is 1. The van der Waals surface area contributed by atoms with E-state index in [0.717, 1.165) is 11.4 Å². The molecule has 0 spiro atoms.